The molecule has 5 heterocycles. The Morgan fingerprint density at radius 2 is 1.53 bits per heavy atom. The van der Waals surface area contributed by atoms with Crippen LogP contribution in [0.2, 0.25) is 5.02 Å². The maximum Gasteiger partial charge on any atom is 0.410 e. The van der Waals surface area contributed by atoms with E-state index in [4.69, 9.17) is 25.8 Å². The summed E-state index contributed by atoms with van der Waals surface area (Å²) in [5.41, 5.74) is 3.23. The molecule has 59 heavy (non-hydrogen) atoms. The Balaban J connectivity index is 0.878. The fourth-order valence-corrected chi connectivity index (χ4v) is 9.78. The number of nitrogens with zero attached hydrogens (tertiary/aromatic N) is 5. The van der Waals surface area contributed by atoms with Gasteiger partial charge in [0.2, 0.25) is 0 Å². The smallest absolute Gasteiger partial charge is 0.410 e. The number of benzene rings is 2. The second-order valence-electron chi connectivity index (χ2n) is 16.8. The number of para-hydroxylation sites is 1. The summed E-state index contributed by atoms with van der Waals surface area (Å²) in [7, 11) is 0. The number of nitrogens with one attached hydrogen (secondary N) is 1. The van der Waals surface area contributed by atoms with E-state index in [1.54, 1.807) is 24.0 Å². The normalized spacial score (nSPS) is 21.1. The van der Waals surface area contributed by atoms with Gasteiger partial charge in [0.25, 0.3) is 5.91 Å². The fraction of sp³-hybridized carbons (Fsp3) is 0.636. The highest BCUT2D eigenvalue weighted by Gasteiger charge is 2.37. The summed E-state index contributed by atoms with van der Waals surface area (Å²) in [6.07, 6.45) is 4.83. The first-order valence-corrected chi connectivity index (χ1v) is 22.0. The number of urea groups is 1. The van der Waals surface area contributed by atoms with Gasteiger partial charge in [0.15, 0.2) is 6.10 Å². The molecule has 322 valence electrons. The van der Waals surface area contributed by atoms with E-state index in [2.05, 4.69) is 15.1 Å². The predicted octanol–water partition coefficient (Wildman–Crippen LogP) is 5.17. The molecule has 2 aromatic carbocycles. The minimum absolute atomic E-state index is 0.00866. The molecule has 0 unspecified atom stereocenters. The van der Waals surface area contributed by atoms with Gasteiger partial charge in [0, 0.05) is 77.1 Å². The van der Waals surface area contributed by atoms with Crippen LogP contribution < -0.4 is 5.32 Å². The number of rotatable bonds is 12. The Hall–Kier alpha value is -4.11. The molecule has 15 heteroatoms. The van der Waals surface area contributed by atoms with E-state index in [1.807, 2.05) is 34.1 Å². The van der Waals surface area contributed by atoms with Crippen LogP contribution in [0.4, 0.5) is 15.3 Å². The van der Waals surface area contributed by atoms with E-state index in [1.165, 1.54) is 0 Å². The zero-order valence-electron chi connectivity index (χ0n) is 34.5. The molecule has 14 nitrogen and oxygen atoms in total. The lowest BCUT2D eigenvalue weighted by molar-refractivity contribution is -0.145. The molecule has 2 N–H and O–H groups in total. The van der Waals surface area contributed by atoms with Crippen molar-refractivity contribution in [2.45, 2.75) is 76.9 Å². The zero-order valence-corrected chi connectivity index (χ0v) is 35.2. The Kier molecular flexibility index (Phi) is 14.9. The molecule has 5 aliphatic rings. The van der Waals surface area contributed by atoms with Gasteiger partial charge in [-0.15, -0.1) is 0 Å². The number of carbonyl (C=O) groups excluding carboxylic acids is 4. The Bertz CT molecular complexity index is 1750. The molecule has 4 amide bonds. The van der Waals surface area contributed by atoms with Crippen molar-refractivity contribution in [1.82, 2.24) is 24.5 Å². The van der Waals surface area contributed by atoms with Crippen LogP contribution in [0.25, 0.3) is 0 Å². The topological polar surface area (TPSA) is 144 Å². The third-order valence-electron chi connectivity index (χ3n) is 13.1. The van der Waals surface area contributed by atoms with Crippen LogP contribution in [0.1, 0.15) is 61.6 Å². The predicted molar refractivity (Wildman–Crippen MR) is 224 cm³/mol. The molecule has 0 aliphatic carbocycles. The quantitative estimate of drug-likeness (QED) is 0.275. The molecule has 0 aromatic heterocycles. The van der Waals surface area contributed by atoms with Gasteiger partial charge >= 0.3 is 18.1 Å². The van der Waals surface area contributed by atoms with Crippen LogP contribution in [0.3, 0.4) is 0 Å². The monoisotopic (exact) mass is 836 g/mol. The van der Waals surface area contributed by atoms with Crippen molar-refractivity contribution in [3.05, 3.63) is 58.1 Å². The third kappa shape index (κ3) is 11.4. The van der Waals surface area contributed by atoms with Crippen molar-refractivity contribution in [2.24, 2.45) is 11.8 Å². The number of aromatic hydroxyl groups is 1. The fourth-order valence-electron chi connectivity index (χ4n) is 9.49. The van der Waals surface area contributed by atoms with Crippen molar-refractivity contribution in [2.75, 3.05) is 97.1 Å². The highest BCUT2D eigenvalue weighted by molar-refractivity contribution is 6.32. The van der Waals surface area contributed by atoms with Gasteiger partial charge in [-0.25, -0.2) is 9.59 Å². The molecule has 0 saturated carbocycles. The number of morpholine rings is 1. The van der Waals surface area contributed by atoms with Gasteiger partial charge < -0.3 is 44.2 Å². The van der Waals surface area contributed by atoms with Gasteiger partial charge in [0.05, 0.1) is 24.7 Å². The first kappa shape index (κ1) is 43.0. The van der Waals surface area contributed by atoms with Crippen LogP contribution in [-0.4, -0.2) is 158 Å². The summed E-state index contributed by atoms with van der Waals surface area (Å²) in [4.78, 5) is 63.5. The largest absolute Gasteiger partial charge is 0.506 e. The Morgan fingerprint density at radius 3 is 2.24 bits per heavy atom. The third-order valence-corrected chi connectivity index (χ3v) is 13.4. The van der Waals surface area contributed by atoms with Crippen molar-refractivity contribution >= 4 is 41.3 Å². The highest BCUT2D eigenvalue weighted by Crippen LogP contribution is 2.34. The van der Waals surface area contributed by atoms with Crippen molar-refractivity contribution < 1.29 is 38.5 Å². The first-order chi connectivity index (χ1) is 28.6. The number of fused-ring (bicyclic) bond motifs is 1. The summed E-state index contributed by atoms with van der Waals surface area (Å²) in [5, 5.41) is 13.5. The molecule has 5 aliphatic heterocycles. The standard InChI is InChI=1S/C44H61ClN6O8/c1-31-28-32(29-37(45)41(31)53)30-39(59-44(56)50-19-11-36(12-20-50)51-21-10-35-4-2-3-5-38(35)46-43(51)55)42(54)49-17-8-34(9-18-49)33-6-14-47(15-7-33)16-13-40(52)58-27-24-48-22-25-57-26-23-48/h2-5,28-29,33-34,36,39,53H,6-27,30H2,1H3,(H,46,55)/t39-/m1/s1. The minimum Gasteiger partial charge on any atom is -0.506 e. The highest BCUT2D eigenvalue weighted by atomic mass is 35.5. The lowest BCUT2D eigenvalue weighted by Gasteiger charge is -2.41. The number of likely N-dealkylation sites (tertiary alicyclic amines) is 3. The molecule has 1 atom stereocenters. The SMILES string of the molecule is Cc1cc(C[C@@H](OC(=O)N2CCC(N3CCc4ccccc4NC3=O)CC2)C(=O)N2CCC(C3CCN(CCC(=O)OCCN4CCOCC4)CC3)CC2)cc(Cl)c1O. The number of carbonyl (C=O) groups is 4. The van der Waals surface area contributed by atoms with Crippen molar-refractivity contribution in [3.8, 4) is 5.75 Å². The van der Waals surface area contributed by atoms with E-state index < -0.39 is 12.2 Å². The lowest BCUT2D eigenvalue weighted by Crippen LogP contribution is -2.52. The molecule has 4 saturated heterocycles. The number of halogens is 1. The van der Waals surface area contributed by atoms with Crippen LogP contribution in [0.5, 0.6) is 5.75 Å². The van der Waals surface area contributed by atoms with Crippen LogP contribution in [0.15, 0.2) is 36.4 Å². The molecule has 7 rings (SSSR count). The van der Waals surface area contributed by atoms with Gasteiger partial charge in [-0.05, 0) is 106 Å². The number of aryl methyl sites for hydroxylation is 1. The molecular formula is C44H61ClN6O8. The van der Waals surface area contributed by atoms with Crippen molar-refractivity contribution in [3.63, 3.8) is 0 Å². The summed E-state index contributed by atoms with van der Waals surface area (Å²) in [6.45, 7) is 11.4. The summed E-state index contributed by atoms with van der Waals surface area (Å²) in [6, 6.07) is 11.1. The number of piperidine rings is 3. The molecule has 2 aromatic rings. The minimum atomic E-state index is -1.05. The van der Waals surface area contributed by atoms with Crippen LogP contribution >= 0.6 is 11.6 Å². The molecule has 4 fully saturated rings. The van der Waals surface area contributed by atoms with Crippen molar-refractivity contribution in [1.29, 1.82) is 0 Å². The number of hydrogen-bond acceptors (Lipinski definition) is 10. The maximum atomic E-state index is 14.2. The maximum absolute atomic E-state index is 14.2. The number of amides is 4. The summed E-state index contributed by atoms with van der Waals surface area (Å²) < 4.78 is 17.0. The van der Waals surface area contributed by atoms with Crippen LogP contribution in [0, 0.1) is 18.8 Å². The average molecular weight is 837 g/mol. The number of esters is 1. The van der Waals surface area contributed by atoms with Gasteiger partial charge in [-0.1, -0.05) is 35.9 Å². The number of hydrogen-bond donors (Lipinski definition) is 2. The number of phenolic OH excluding ortho intramolecular Hbond substituents is 1. The molecule has 0 radical (unpaired) electrons. The summed E-state index contributed by atoms with van der Waals surface area (Å²) in [5.74, 6) is 0.706. The van der Waals surface area contributed by atoms with Crippen LogP contribution in [-0.2, 0) is 36.6 Å². The first-order valence-electron chi connectivity index (χ1n) is 21.7. The van der Waals surface area contributed by atoms with E-state index in [0.717, 1.165) is 89.3 Å². The number of anilines is 1. The van der Waals surface area contributed by atoms with E-state index in [9.17, 15) is 24.3 Å². The van der Waals surface area contributed by atoms with Gasteiger partial charge in [-0.2, -0.15) is 0 Å². The van der Waals surface area contributed by atoms with E-state index in [0.29, 0.717) is 88.1 Å². The number of phenols is 1. The number of ether oxygens (including phenoxy) is 3. The van der Waals surface area contributed by atoms with Gasteiger partial charge in [0.1, 0.15) is 12.4 Å². The summed E-state index contributed by atoms with van der Waals surface area (Å²) >= 11 is 6.33. The van der Waals surface area contributed by atoms with E-state index >= 15 is 0 Å². The average Bonchev–Trinajstić information content (AvgIpc) is 3.43. The second kappa shape index (κ2) is 20.4. The van der Waals surface area contributed by atoms with Gasteiger partial charge in [-0.3, -0.25) is 14.5 Å². The zero-order chi connectivity index (χ0) is 41.3. The van der Waals surface area contributed by atoms with E-state index in [-0.39, 0.29) is 41.1 Å². The molecule has 0 spiro atoms. The Labute approximate surface area is 353 Å². The Morgan fingerprint density at radius 1 is 0.864 bits per heavy atom. The lowest BCUT2D eigenvalue weighted by atomic mass is 9.78. The molecule has 0 bridgehead atoms. The second-order valence-corrected chi connectivity index (χ2v) is 17.2. The molecular weight excluding hydrogens is 776 g/mol.